The Morgan fingerprint density at radius 2 is 2.00 bits per heavy atom. The van der Waals surface area contributed by atoms with Gasteiger partial charge in [-0.25, -0.2) is 0 Å². The Kier molecular flexibility index (Phi) is 3.79. The van der Waals surface area contributed by atoms with Gasteiger partial charge in [0.15, 0.2) is 0 Å². The lowest BCUT2D eigenvalue weighted by atomic mass is 9.80. The first-order valence-corrected chi connectivity index (χ1v) is 5.97. The van der Waals surface area contributed by atoms with E-state index in [-0.39, 0.29) is 6.10 Å². The van der Waals surface area contributed by atoms with Gasteiger partial charge < -0.3 is 15.3 Å². The quantitative estimate of drug-likeness (QED) is 0.688. The number of nitrogens with zero attached hydrogens (tertiary/aromatic N) is 1. The molecule has 1 unspecified atom stereocenters. The standard InChI is InChI=1S/C11H22N2O/c14-11(10-2-1-3-10)4-7-13-8-5-12-6-9-13/h10-12,14H,1-9H2. The lowest BCUT2D eigenvalue weighted by Gasteiger charge is -2.33. The van der Waals surface area contributed by atoms with E-state index in [1.165, 1.54) is 19.3 Å². The maximum atomic E-state index is 9.86. The van der Waals surface area contributed by atoms with E-state index in [2.05, 4.69) is 10.2 Å². The van der Waals surface area contributed by atoms with Crippen LogP contribution in [-0.4, -0.2) is 48.8 Å². The molecule has 14 heavy (non-hydrogen) atoms. The number of hydrogen-bond donors (Lipinski definition) is 2. The minimum Gasteiger partial charge on any atom is -0.393 e. The van der Waals surface area contributed by atoms with Crippen molar-refractivity contribution >= 4 is 0 Å². The van der Waals surface area contributed by atoms with Crippen molar-refractivity contribution in [2.45, 2.75) is 31.8 Å². The van der Waals surface area contributed by atoms with Crippen molar-refractivity contribution in [1.29, 1.82) is 0 Å². The average molecular weight is 198 g/mol. The smallest absolute Gasteiger partial charge is 0.0580 e. The van der Waals surface area contributed by atoms with Crippen molar-refractivity contribution in [1.82, 2.24) is 10.2 Å². The normalized spacial score (nSPS) is 27.2. The molecule has 0 aromatic carbocycles. The first kappa shape index (κ1) is 10.4. The Hall–Kier alpha value is -0.120. The third-order valence-corrected chi connectivity index (χ3v) is 3.64. The van der Waals surface area contributed by atoms with E-state index in [4.69, 9.17) is 0 Å². The van der Waals surface area contributed by atoms with Gasteiger partial charge >= 0.3 is 0 Å². The molecule has 1 heterocycles. The van der Waals surface area contributed by atoms with Gasteiger partial charge in [-0.05, 0) is 25.2 Å². The summed E-state index contributed by atoms with van der Waals surface area (Å²) in [7, 11) is 0. The number of nitrogens with one attached hydrogen (secondary N) is 1. The Morgan fingerprint density at radius 3 is 2.57 bits per heavy atom. The molecule has 1 aliphatic carbocycles. The van der Waals surface area contributed by atoms with E-state index in [0.29, 0.717) is 5.92 Å². The first-order valence-electron chi connectivity index (χ1n) is 5.97. The van der Waals surface area contributed by atoms with E-state index in [9.17, 15) is 5.11 Å². The van der Waals surface area contributed by atoms with E-state index in [1.54, 1.807) is 0 Å². The van der Waals surface area contributed by atoms with E-state index >= 15 is 0 Å². The second-order valence-corrected chi connectivity index (χ2v) is 4.64. The molecule has 0 aromatic rings. The summed E-state index contributed by atoms with van der Waals surface area (Å²) in [6.07, 6.45) is 4.78. The van der Waals surface area contributed by atoms with E-state index in [0.717, 1.165) is 39.1 Å². The highest BCUT2D eigenvalue weighted by molar-refractivity contribution is 4.78. The molecule has 2 N–H and O–H groups in total. The van der Waals surface area contributed by atoms with Gasteiger partial charge in [0.1, 0.15) is 0 Å². The number of aliphatic hydroxyl groups excluding tert-OH is 1. The molecule has 0 amide bonds. The van der Waals surface area contributed by atoms with Crippen LogP contribution < -0.4 is 5.32 Å². The van der Waals surface area contributed by atoms with Crippen LogP contribution in [0.15, 0.2) is 0 Å². The number of piperazine rings is 1. The molecule has 1 saturated heterocycles. The molecule has 0 bridgehead atoms. The summed E-state index contributed by atoms with van der Waals surface area (Å²) in [6, 6.07) is 0. The largest absolute Gasteiger partial charge is 0.393 e. The molecule has 2 fully saturated rings. The van der Waals surface area contributed by atoms with Crippen molar-refractivity contribution in [2.75, 3.05) is 32.7 Å². The maximum absolute atomic E-state index is 9.86. The minimum atomic E-state index is -0.0290. The van der Waals surface area contributed by atoms with Gasteiger partial charge in [0.2, 0.25) is 0 Å². The monoisotopic (exact) mass is 198 g/mol. The van der Waals surface area contributed by atoms with Crippen LogP contribution in [0.5, 0.6) is 0 Å². The topological polar surface area (TPSA) is 35.5 Å². The fourth-order valence-electron chi connectivity index (χ4n) is 2.31. The van der Waals surface area contributed by atoms with E-state index in [1.807, 2.05) is 0 Å². The molecule has 1 aliphatic heterocycles. The number of hydrogen-bond acceptors (Lipinski definition) is 3. The lowest BCUT2D eigenvalue weighted by molar-refractivity contribution is 0.0453. The zero-order valence-corrected chi connectivity index (χ0v) is 8.91. The van der Waals surface area contributed by atoms with Crippen LogP contribution in [0.3, 0.4) is 0 Å². The van der Waals surface area contributed by atoms with Gasteiger partial charge in [-0.3, -0.25) is 0 Å². The van der Waals surface area contributed by atoms with Crippen molar-refractivity contribution in [3.05, 3.63) is 0 Å². The highest BCUT2D eigenvalue weighted by atomic mass is 16.3. The van der Waals surface area contributed by atoms with Crippen LogP contribution in [0.2, 0.25) is 0 Å². The van der Waals surface area contributed by atoms with Gasteiger partial charge in [0, 0.05) is 32.7 Å². The molecule has 2 aliphatic rings. The Morgan fingerprint density at radius 1 is 1.29 bits per heavy atom. The summed E-state index contributed by atoms with van der Waals surface area (Å²) >= 11 is 0. The summed E-state index contributed by atoms with van der Waals surface area (Å²) in [6.45, 7) is 5.60. The van der Waals surface area contributed by atoms with Crippen molar-refractivity contribution < 1.29 is 5.11 Å². The average Bonchev–Trinajstić information content (AvgIpc) is 2.14. The van der Waals surface area contributed by atoms with Crippen molar-refractivity contribution in [2.24, 2.45) is 5.92 Å². The number of rotatable bonds is 4. The molecular formula is C11H22N2O. The molecule has 2 rings (SSSR count). The molecule has 1 atom stereocenters. The lowest BCUT2D eigenvalue weighted by Crippen LogP contribution is -2.44. The number of aliphatic hydroxyl groups is 1. The summed E-state index contributed by atoms with van der Waals surface area (Å²) in [5.74, 6) is 0.623. The third kappa shape index (κ3) is 2.69. The second kappa shape index (κ2) is 5.10. The summed E-state index contributed by atoms with van der Waals surface area (Å²) in [4.78, 5) is 2.46. The summed E-state index contributed by atoms with van der Waals surface area (Å²) < 4.78 is 0. The van der Waals surface area contributed by atoms with Crippen LogP contribution in [0.4, 0.5) is 0 Å². The van der Waals surface area contributed by atoms with Gasteiger partial charge in [-0.2, -0.15) is 0 Å². The van der Waals surface area contributed by atoms with Crippen LogP contribution >= 0.6 is 0 Å². The van der Waals surface area contributed by atoms with Gasteiger partial charge in [-0.15, -0.1) is 0 Å². The SMILES string of the molecule is OC(CCN1CCNCC1)C1CCC1. The summed E-state index contributed by atoms with van der Waals surface area (Å²) in [5.41, 5.74) is 0. The molecule has 3 heteroatoms. The first-order chi connectivity index (χ1) is 6.86. The van der Waals surface area contributed by atoms with Crippen LogP contribution in [0.1, 0.15) is 25.7 Å². The fourth-order valence-corrected chi connectivity index (χ4v) is 2.31. The Labute approximate surface area is 86.5 Å². The second-order valence-electron chi connectivity index (χ2n) is 4.64. The minimum absolute atomic E-state index is 0.0290. The van der Waals surface area contributed by atoms with Gasteiger partial charge in [0.25, 0.3) is 0 Å². The highest BCUT2D eigenvalue weighted by Crippen LogP contribution is 2.30. The molecular weight excluding hydrogens is 176 g/mol. The van der Waals surface area contributed by atoms with Crippen molar-refractivity contribution in [3.63, 3.8) is 0 Å². The van der Waals surface area contributed by atoms with Gasteiger partial charge in [-0.1, -0.05) is 6.42 Å². The van der Waals surface area contributed by atoms with Gasteiger partial charge in [0.05, 0.1) is 6.10 Å². The highest BCUT2D eigenvalue weighted by Gasteiger charge is 2.25. The molecule has 1 saturated carbocycles. The molecule has 3 nitrogen and oxygen atoms in total. The predicted octanol–water partition coefficient (Wildman–Crippen LogP) is 0.443. The fraction of sp³-hybridized carbons (Fsp3) is 1.00. The predicted molar refractivity (Wildman–Crippen MR) is 57.3 cm³/mol. The van der Waals surface area contributed by atoms with Crippen LogP contribution in [0.25, 0.3) is 0 Å². The Balaban J connectivity index is 1.60. The van der Waals surface area contributed by atoms with Crippen LogP contribution in [-0.2, 0) is 0 Å². The zero-order valence-electron chi connectivity index (χ0n) is 8.91. The third-order valence-electron chi connectivity index (χ3n) is 3.64. The maximum Gasteiger partial charge on any atom is 0.0580 e. The molecule has 0 spiro atoms. The molecule has 0 radical (unpaired) electrons. The van der Waals surface area contributed by atoms with Crippen molar-refractivity contribution in [3.8, 4) is 0 Å². The van der Waals surface area contributed by atoms with E-state index < -0.39 is 0 Å². The molecule has 82 valence electrons. The zero-order chi connectivity index (χ0) is 9.80. The summed E-state index contributed by atoms with van der Waals surface area (Å²) in [5, 5.41) is 13.2. The van der Waals surface area contributed by atoms with Crippen LogP contribution in [0, 0.1) is 5.92 Å². The molecule has 0 aromatic heterocycles. The Bertz CT molecular complexity index is 163.